The Hall–Kier alpha value is -1.23. The molecule has 5 heteroatoms. The second-order valence-corrected chi connectivity index (χ2v) is 3.58. The van der Waals surface area contributed by atoms with Gasteiger partial charge in [-0.3, -0.25) is 9.59 Å². The van der Waals surface area contributed by atoms with Gasteiger partial charge in [-0.2, -0.15) is 0 Å². The summed E-state index contributed by atoms with van der Waals surface area (Å²) < 4.78 is 0.637. The molecule has 0 unspecified atom stereocenters. The van der Waals surface area contributed by atoms with E-state index in [1.807, 2.05) is 0 Å². The minimum Gasteiger partial charge on any atom is -0.310 e. The zero-order valence-electron chi connectivity index (χ0n) is 7.58. The lowest BCUT2D eigenvalue weighted by molar-refractivity contribution is -0.124. The molecule has 0 aliphatic rings. The first-order valence-electron chi connectivity index (χ1n) is 4.00. The summed E-state index contributed by atoms with van der Waals surface area (Å²) in [5.74, 6) is -0.0776. The Kier molecular flexibility index (Phi) is 3.76. The Morgan fingerprint density at radius 2 is 2.21 bits per heavy atom. The number of hydrogen-bond donors (Lipinski definition) is 1. The lowest BCUT2D eigenvalue weighted by atomic mass is 10.3. The highest BCUT2D eigenvalue weighted by Gasteiger charge is 2.05. The molecular formula is C9H9BrN2O2. The number of Topliss-reactive ketones (excluding diaryl/α,β-unsaturated/α-hetero) is 1. The molecule has 0 aliphatic heterocycles. The van der Waals surface area contributed by atoms with Gasteiger partial charge in [-0.05, 0) is 35.0 Å². The highest BCUT2D eigenvalue weighted by atomic mass is 79.9. The first kappa shape index (κ1) is 10.8. The minimum absolute atomic E-state index is 0.117. The Morgan fingerprint density at radius 3 is 2.79 bits per heavy atom. The predicted octanol–water partition coefficient (Wildman–Crippen LogP) is 1.76. The van der Waals surface area contributed by atoms with E-state index in [2.05, 4.69) is 26.2 Å². The van der Waals surface area contributed by atoms with Gasteiger partial charge < -0.3 is 5.32 Å². The summed E-state index contributed by atoms with van der Waals surface area (Å²) in [7, 11) is 0. The molecule has 14 heavy (non-hydrogen) atoms. The van der Waals surface area contributed by atoms with Crippen molar-refractivity contribution in [1.82, 2.24) is 4.98 Å². The molecule has 4 nitrogen and oxygen atoms in total. The van der Waals surface area contributed by atoms with Crippen LogP contribution < -0.4 is 5.32 Å². The molecule has 1 rings (SSSR count). The first-order valence-corrected chi connectivity index (χ1v) is 4.79. The molecule has 1 N–H and O–H groups in total. The van der Waals surface area contributed by atoms with Gasteiger partial charge in [0.25, 0.3) is 0 Å². The van der Waals surface area contributed by atoms with Crippen LogP contribution in [0.4, 0.5) is 5.82 Å². The van der Waals surface area contributed by atoms with Gasteiger partial charge in [-0.25, -0.2) is 4.98 Å². The Balaban J connectivity index is 2.60. The molecule has 0 aliphatic carbocycles. The molecule has 1 heterocycles. The van der Waals surface area contributed by atoms with E-state index in [9.17, 15) is 9.59 Å². The fourth-order valence-electron chi connectivity index (χ4n) is 0.891. The predicted molar refractivity (Wildman–Crippen MR) is 55.9 cm³/mol. The second kappa shape index (κ2) is 4.85. The van der Waals surface area contributed by atoms with E-state index in [1.165, 1.54) is 6.92 Å². The quantitative estimate of drug-likeness (QED) is 0.663. The average Bonchev–Trinajstić information content (AvgIpc) is 2.01. The summed E-state index contributed by atoms with van der Waals surface area (Å²) in [4.78, 5) is 25.8. The molecular weight excluding hydrogens is 248 g/mol. The molecule has 0 radical (unpaired) electrons. The van der Waals surface area contributed by atoms with E-state index >= 15 is 0 Å². The molecule has 0 bridgehead atoms. The molecule has 1 amide bonds. The lowest BCUT2D eigenvalue weighted by Crippen LogP contribution is -2.15. The highest BCUT2D eigenvalue weighted by Crippen LogP contribution is 2.10. The second-order valence-electron chi connectivity index (χ2n) is 2.77. The monoisotopic (exact) mass is 256 g/mol. The number of carbonyl (C=O) groups is 2. The normalized spacial score (nSPS) is 9.57. The van der Waals surface area contributed by atoms with Crippen LogP contribution in [0.3, 0.4) is 0 Å². The van der Waals surface area contributed by atoms with Crippen LogP contribution in [0.25, 0.3) is 0 Å². The lowest BCUT2D eigenvalue weighted by Gasteiger charge is -2.02. The number of amides is 1. The largest absolute Gasteiger partial charge is 0.310 e. The van der Waals surface area contributed by atoms with Crippen molar-refractivity contribution in [2.24, 2.45) is 0 Å². The number of hydrogen-bond acceptors (Lipinski definition) is 3. The van der Waals surface area contributed by atoms with Crippen molar-refractivity contribution < 1.29 is 9.59 Å². The van der Waals surface area contributed by atoms with E-state index in [4.69, 9.17) is 0 Å². The first-order chi connectivity index (χ1) is 6.58. The minimum atomic E-state index is -0.344. The molecule has 0 saturated heterocycles. The van der Waals surface area contributed by atoms with Crippen LogP contribution >= 0.6 is 15.9 Å². The summed E-state index contributed by atoms with van der Waals surface area (Å²) in [5, 5.41) is 2.51. The van der Waals surface area contributed by atoms with Crippen molar-refractivity contribution >= 4 is 33.4 Å². The molecule has 1 aromatic heterocycles. The van der Waals surface area contributed by atoms with Crippen molar-refractivity contribution in [1.29, 1.82) is 0 Å². The maximum absolute atomic E-state index is 11.1. The van der Waals surface area contributed by atoms with Gasteiger partial charge in [-0.15, -0.1) is 0 Å². The van der Waals surface area contributed by atoms with E-state index in [0.717, 1.165) is 0 Å². The molecule has 1 aromatic rings. The summed E-state index contributed by atoms with van der Waals surface area (Å²) in [6.07, 6.45) is -0.117. The van der Waals surface area contributed by atoms with Gasteiger partial charge in [0.15, 0.2) is 0 Å². The number of carbonyl (C=O) groups excluding carboxylic acids is 2. The summed E-state index contributed by atoms with van der Waals surface area (Å²) >= 11 is 3.17. The van der Waals surface area contributed by atoms with Gasteiger partial charge in [0, 0.05) is 0 Å². The van der Waals surface area contributed by atoms with E-state index in [1.54, 1.807) is 18.2 Å². The standard InChI is InChI=1S/C9H9BrN2O2/c1-6(13)5-9(14)12-8-4-2-3-7(10)11-8/h2-4H,5H2,1H3,(H,11,12,14). The molecule has 74 valence electrons. The number of halogens is 1. The number of nitrogens with one attached hydrogen (secondary N) is 1. The molecule has 0 spiro atoms. The van der Waals surface area contributed by atoms with Crippen molar-refractivity contribution in [3.05, 3.63) is 22.8 Å². The zero-order valence-corrected chi connectivity index (χ0v) is 9.17. The van der Waals surface area contributed by atoms with Gasteiger partial charge >= 0.3 is 0 Å². The third kappa shape index (κ3) is 3.66. The summed E-state index contributed by atoms with van der Waals surface area (Å²) in [6, 6.07) is 5.16. The summed E-state index contributed by atoms with van der Waals surface area (Å²) in [5.41, 5.74) is 0. The van der Waals surface area contributed by atoms with E-state index in [-0.39, 0.29) is 18.1 Å². The van der Waals surface area contributed by atoms with Crippen LogP contribution in [0.2, 0.25) is 0 Å². The van der Waals surface area contributed by atoms with Crippen molar-refractivity contribution in [3.8, 4) is 0 Å². The van der Waals surface area contributed by atoms with Gasteiger partial charge in [0.2, 0.25) is 5.91 Å². The topological polar surface area (TPSA) is 59.1 Å². The number of rotatable bonds is 3. The number of anilines is 1. The Bertz CT molecular complexity index is 366. The average molecular weight is 257 g/mol. The van der Waals surface area contributed by atoms with Crippen LogP contribution in [0.1, 0.15) is 13.3 Å². The third-order valence-corrected chi connectivity index (χ3v) is 1.83. The maximum atomic E-state index is 11.1. The number of ketones is 1. The number of aromatic nitrogens is 1. The number of nitrogens with zero attached hydrogens (tertiary/aromatic N) is 1. The maximum Gasteiger partial charge on any atom is 0.232 e. The van der Waals surface area contributed by atoms with Gasteiger partial charge in [0.05, 0.1) is 6.42 Å². The molecule has 0 aromatic carbocycles. The molecule has 0 saturated carbocycles. The third-order valence-electron chi connectivity index (χ3n) is 1.39. The van der Waals surface area contributed by atoms with Crippen molar-refractivity contribution in [2.75, 3.05) is 5.32 Å². The number of pyridine rings is 1. The van der Waals surface area contributed by atoms with Gasteiger partial charge in [0.1, 0.15) is 16.2 Å². The zero-order chi connectivity index (χ0) is 10.6. The molecule has 0 fully saturated rings. The Morgan fingerprint density at radius 1 is 1.50 bits per heavy atom. The van der Waals surface area contributed by atoms with Crippen LogP contribution in [-0.2, 0) is 9.59 Å². The van der Waals surface area contributed by atoms with E-state index < -0.39 is 0 Å². The van der Waals surface area contributed by atoms with Crippen molar-refractivity contribution in [2.45, 2.75) is 13.3 Å². The van der Waals surface area contributed by atoms with E-state index in [0.29, 0.717) is 10.4 Å². The molecule has 0 atom stereocenters. The van der Waals surface area contributed by atoms with Crippen LogP contribution in [-0.4, -0.2) is 16.7 Å². The van der Waals surface area contributed by atoms with Gasteiger partial charge in [-0.1, -0.05) is 6.07 Å². The highest BCUT2D eigenvalue weighted by molar-refractivity contribution is 9.10. The van der Waals surface area contributed by atoms with Crippen LogP contribution in [0.5, 0.6) is 0 Å². The van der Waals surface area contributed by atoms with Crippen LogP contribution in [0.15, 0.2) is 22.8 Å². The fraction of sp³-hybridized carbons (Fsp3) is 0.222. The smallest absolute Gasteiger partial charge is 0.232 e. The SMILES string of the molecule is CC(=O)CC(=O)Nc1cccc(Br)n1. The fourth-order valence-corrected chi connectivity index (χ4v) is 1.23. The van der Waals surface area contributed by atoms with Crippen molar-refractivity contribution in [3.63, 3.8) is 0 Å². The summed E-state index contributed by atoms with van der Waals surface area (Å²) in [6.45, 7) is 1.37. The Labute approximate surface area is 89.9 Å². The van der Waals surface area contributed by atoms with Crippen LogP contribution in [0, 0.1) is 0 Å².